The first-order chi connectivity index (χ1) is 14.7. The number of nitrogens with zero attached hydrogens (tertiary/aromatic N) is 5. The van der Waals surface area contributed by atoms with Gasteiger partial charge < -0.3 is 4.90 Å². The van der Waals surface area contributed by atoms with Crippen LogP contribution < -0.4 is 5.56 Å². The number of carbonyl (C=O) groups excluding carboxylic acids is 1. The molecule has 0 N–H and O–H groups in total. The van der Waals surface area contributed by atoms with Crippen molar-refractivity contribution in [3.05, 3.63) is 76.6 Å². The van der Waals surface area contributed by atoms with Crippen LogP contribution in [0.3, 0.4) is 0 Å². The largest absolute Gasteiger partial charge is 0.340 e. The maximum Gasteiger partial charge on any atom is 0.277 e. The van der Waals surface area contributed by atoms with Gasteiger partial charge in [0.15, 0.2) is 0 Å². The van der Waals surface area contributed by atoms with Crippen molar-refractivity contribution in [3.8, 4) is 0 Å². The second-order valence-corrected chi connectivity index (χ2v) is 7.38. The Hall–Kier alpha value is -3.32. The molecular weight excluding hydrogens is 378 g/mol. The molecule has 1 amide bonds. The Balaban J connectivity index is 1.25. The molecule has 3 aromatic rings. The lowest BCUT2D eigenvalue weighted by molar-refractivity contribution is -0.133. The van der Waals surface area contributed by atoms with E-state index in [1.807, 2.05) is 29.2 Å². The standard InChI is InChI=1S/C23H25N5O2/c29-22(12-14-28-23(30)20-10-4-5-11-21(20)24-25-28)27-17-15-26(16-18-27)13-6-9-19-7-2-1-3-8-19/h1-11H,12-18H2/b9-6+. The summed E-state index contributed by atoms with van der Waals surface area (Å²) in [5.74, 6) is 0.0522. The van der Waals surface area contributed by atoms with Crippen LogP contribution in [0.2, 0.25) is 0 Å². The average Bonchev–Trinajstić information content (AvgIpc) is 2.80. The van der Waals surface area contributed by atoms with Crippen molar-refractivity contribution in [3.63, 3.8) is 0 Å². The first-order valence-corrected chi connectivity index (χ1v) is 10.2. The third-order valence-electron chi connectivity index (χ3n) is 5.37. The third kappa shape index (κ3) is 4.80. The van der Waals surface area contributed by atoms with Crippen LogP contribution in [0.5, 0.6) is 0 Å². The number of benzene rings is 2. The minimum atomic E-state index is -0.205. The van der Waals surface area contributed by atoms with Gasteiger partial charge in [0, 0.05) is 39.1 Å². The summed E-state index contributed by atoms with van der Waals surface area (Å²) in [6.07, 6.45) is 4.54. The quantitative estimate of drug-likeness (QED) is 0.630. The molecule has 30 heavy (non-hydrogen) atoms. The van der Waals surface area contributed by atoms with E-state index < -0.39 is 0 Å². The monoisotopic (exact) mass is 403 g/mol. The first kappa shape index (κ1) is 20.0. The van der Waals surface area contributed by atoms with Gasteiger partial charge in [0.05, 0.1) is 11.9 Å². The predicted octanol–water partition coefficient (Wildman–Crippen LogP) is 2.04. The molecule has 1 aliphatic rings. The molecule has 1 aliphatic heterocycles. The van der Waals surface area contributed by atoms with Crippen LogP contribution in [0.25, 0.3) is 17.0 Å². The summed E-state index contributed by atoms with van der Waals surface area (Å²) in [5.41, 5.74) is 1.56. The first-order valence-electron chi connectivity index (χ1n) is 10.2. The number of piperazine rings is 1. The molecule has 7 nitrogen and oxygen atoms in total. The van der Waals surface area contributed by atoms with E-state index in [4.69, 9.17) is 0 Å². The van der Waals surface area contributed by atoms with Crippen LogP contribution in [0.4, 0.5) is 0 Å². The summed E-state index contributed by atoms with van der Waals surface area (Å²) in [6, 6.07) is 17.3. The Morgan fingerprint density at radius 2 is 1.70 bits per heavy atom. The van der Waals surface area contributed by atoms with Gasteiger partial charge in [-0.15, -0.1) is 5.10 Å². The van der Waals surface area contributed by atoms with Gasteiger partial charge >= 0.3 is 0 Å². The maximum atomic E-state index is 12.6. The smallest absolute Gasteiger partial charge is 0.277 e. The SMILES string of the molecule is O=C(CCn1nnc2ccccc2c1=O)N1CCN(C/C=C/c2ccccc2)CC1. The Morgan fingerprint density at radius 3 is 2.50 bits per heavy atom. The molecule has 1 aromatic heterocycles. The summed E-state index contributed by atoms with van der Waals surface area (Å²) >= 11 is 0. The highest BCUT2D eigenvalue weighted by Gasteiger charge is 2.20. The number of fused-ring (bicyclic) bond motifs is 1. The zero-order valence-corrected chi connectivity index (χ0v) is 16.9. The molecule has 0 spiro atoms. The summed E-state index contributed by atoms with van der Waals surface area (Å²) < 4.78 is 1.28. The zero-order chi connectivity index (χ0) is 20.8. The highest BCUT2D eigenvalue weighted by Crippen LogP contribution is 2.07. The van der Waals surface area contributed by atoms with Crippen LogP contribution in [0, 0.1) is 0 Å². The van der Waals surface area contributed by atoms with Gasteiger partial charge in [0.1, 0.15) is 5.52 Å². The van der Waals surface area contributed by atoms with E-state index in [9.17, 15) is 9.59 Å². The van der Waals surface area contributed by atoms with Gasteiger partial charge in [0.2, 0.25) is 5.91 Å². The Morgan fingerprint density at radius 1 is 0.967 bits per heavy atom. The molecule has 2 aromatic carbocycles. The highest BCUT2D eigenvalue weighted by atomic mass is 16.2. The van der Waals surface area contributed by atoms with Crippen molar-refractivity contribution in [2.45, 2.75) is 13.0 Å². The number of aryl methyl sites for hydroxylation is 1. The predicted molar refractivity (Wildman–Crippen MR) is 117 cm³/mol. The number of amides is 1. The van der Waals surface area contributed by atoms with E-state index in [1.54, 1.807) is 18.2 Å². The number of hydrogen-bond acceptors (Lipinski definition) is 5. The fraction of sp³-hybridized carbons (Fsp3) is 0.304. The summed E-state index contributed by atoms with van der Waals surface area (Å²) in [7, 11) is 0. The van der Waals surface area contributed by atoms with Crippen molar-refractivity contribution in [2.24, 2.45) is 0 Å². The Bertz CT molecular complexity index is 1090. The number of aromatic nitrogens is 3. The third-order valence-corrected chi connectivity index (χ3v) is 5.37. The lowest BCUT2D eigenvalue weighted by Gasteiger charge is -2.34. The molecule has 0 atom stereocenters. The molecule has 154 valence electrons. The topological polar surface area (TPSA) is 71.3 Å². The summed E-state index contributed by atoms with van der Waals surface area (Å²) in [4.78, 5) is 29.3. The van der Waals surface area contributed by atoms with Gasteiger partial charge in [0.25, 0.3) is 5.56 Å². The number of carbonyl (C=O) groups is 1. The molecule has 1 saturated heterocycles. The normalized spacial score (nSPS) is 15.1. The molecule has 0 aliphatic carbocycles. The molecule has 2 heterocycles. The fourth-order valence-corrected chi connectivity index (χ4v) is 3.61. The molecule has 1 fully saturated rings. The second kappa shape index (κ2) is 9.45. The molecule has 0 radical (unpaired) electrons. The van der Waals surface area contributed by atoms with Gasteiger partial charge in [-0.25, -0.2) is 4.68 Å². The van der Waals surface area contributed by atoms with E-state index in [0.29, 0.717) is 24.0 Å². The molecule has 0 bridgehead atoms. The van der Waals surface area contributed by atoms with Crippen LogP contribution in [0.15, 0.2) is 65.5 Å². The van der Waals surface area contributed by atoms with Crippen LogP contribution in [-0.4, -0.2) is 63.4 Å². The van der Waals surface area contributed by atoms with E-state index in [0.717, 1.165) is 19.6 Å². The van der Waals surface area contributed by atoms with E-state index in [2.05, 4.69) is 39.5 Å². The summed E-state index contributed by atoms with van der Waals surface area (Å²) in [5, 5.41) is 8.55. The minimum Gasteiger partial charge on any atom is -0.340 e. The molecule has 7 heteroatoms. The van der Waals surface area contributed by atoms with Gasteiger partial charge in [-0.3, -0.25) is 14.5 Å². The Kier molecular flexibility index (Phi) is 6.29. The summed E-state index contributed by atoms with van der Waals surface area (Å²) in [6.45, 7) is 4.22. The molecule has 0 saturated carbocycles. The van der Waals surface area contributed by atoms with Gasteiger partial charge in [-0.05, 0) is 17.7 Å². The average molecular weight is 403 g/mol. The minimum absolute atomic E-state index is 0.0522. The molecular formula is C23H25N5O2. The van der Waals surface area contributed by atoms with Gasteiger partial charge in [-0.2, -0.15) is 0 Å². The van der Waals surface area contributed by atoms with Crippen LogP contribution in [-0.2, 0) is 11.3 Å². The van der Waals surface area contributed by atoms with Gasteiger partial charge in [-0.1, -0.05) is 59.8 Å². The Labute approximate surface area is 175 Å². The van der Waals surface area contributed by atoms with Crippen LogP contribution >= 0.6 is 0 Å². The zero-order valence-electron chi connectivity index (χ0n) is 16.9. The van der Waals surface area contributed by atoms with Crippen molar-refractivity contribution in [2.75, 3.05) is 32.7 Å². The molecule has 4 rings (SSSR count). The van der Waals surface area contributed by atoms with Crippen molar-refractivity contribution >= 4 is 22.9 Å². The van der Waals surface area contributed by atoms with E-state index in [1.165, 1.54) is 10.2 Å². The van der Waals surface area contributed by atoms with Crippen molar-refractivity contribution in [1.82, 2.24) is 24.8 Å². The lowest BCUT2D eigenvalue weighted by atomic mass is 10.2. The second-order valence-electron chi connectivity index (χ2n) is 7.38. The fourth-order valence-electron chi connectivity index (χ4n) is 3.61. The number of rotatable bonds is 6. The molecule has 0 unspecified atom stereocenters. The van der Waals surface area contributed by atoms with E-state index >= 15 is 0 Å². The lowest BCUT2D eigenvalue weighted by Crippen LogP contribution is -2.48. The maximum absolute atomic E-state index is 12.6. The van der Waals surface area contributed by atoms with E-state index in [-0.39, 0.29) is 24.4 Å². The number of hydrogen-bond donors (Lipinski definition) is 0. The van der Waals surface area contributed by atoms with Crippen molar-refractivity contribution < 1.29 is 4.79 Å². The van der Waals surface area contributed by atoms with Crippen LogP contribution in [0.1, 0.15) is 12.0 Å². The highest BCUT2D eigenvalue weighted by molar-refractivity contribution is 5.77. The van der Waals surface area contributed by atoms with Crippen molar-refractivity contribution in [1.29, 1.82) is 0 Å².